The average Bonchev–Trinajstić information content (AvgIpc) is 2.39. The van der Waals surface area contributed by atoms with E-state index >= 15 is 0 Å². The lowest BCUT2D eigenvalue weighted by atomic mass is 10.1. The number of hydrogen-bond donors (Lipinski definition) is 1. The Kier molecular flexibility index (Phi) is 6.44. The van der Waals surface area contributed by atoms with Crippen molar-refractivity contribution >= 4 is 5.91 Å². The number of rotatable bonds is 7. The third-order valence-electron chi connectivity index (χ3n) is 2.94. The molecule has 3 heteroatoms. The van der Waals surface area contributed by atoms with Crippen molar-refractivity contribution < 1.29 is 4.79 Å². The standard InChI is InChI=1S/C15H24N2O/c1-3-8-14(16)15(18)17(11-4-2)12-13-9-6-5-7-10-13/h5-7,9-10,14H,3-4,8,11-12,16H2,1-2H3. The maximum Gasteiger partial charge on any atom is 0.239 e. The highest BCUT2D eigenvalue weighted by Crippen LogP contribution is 2.08. The molecule has 0 aliphatic carbocycles. The van der Waals surface area contributed by atoms with Crippen LogP contribution >= 0.6 is 0 Å². The van der Waals surface area contributed by atoms with Crippen molar-refractivity contribution in [2.45, 2.75) is 45.7 Å². The molecule has 1 atom stereocenters. The van der Waals surface area contributed by atoms with Gasteiger partial charge in [-0.15, -0.1) is 0 Å². The number of benzene rings is 1. The predicted molar refractivity (Wildman–Crippen MR) is 75.0 cm³/mol. The second-order valence-corrected chi connectivity index (χ2v) is 4.64. The van der Waals surface area contributed by atoms with Crippen LogP contribution in [0.4, 0.5) is 0 Å². The van der Waals surface area contributed by atoms with Gasteiger partial charge in [-0.1, -0.05) is 50.6 Å². The number of nitrogens with zero attached hydrogens (tertiary/aromatic N) is 1. The molecule has 0 spiro atoms. The molecule has 3 nitrogen and oxygen atoms in total. The fraction of sp³-hybridized carbons (Fsp3) is 0.533. The molecular formula is C15H24N2O. The van der Waals surface area contributed by atoms with Crippen LogP contribution in [-0.2, 0) is 11.3 Å². The minimum atomic E-state index is -0.356. The fourth-order valence-corrected chi connectivity index (χ4v) is 2.01. The van der Waals surface area contributed by atoms with Crippen molar-refractivity contribution in [2.75, 3.05) is 6.54 Å². The van der Waals surface area contributed by atoms with Gasteiger partial charge in [0.15, 0.2) is 0 Å². The lowest BCUT2D eigenvalue weighted by molar-refractivity contribution is -0.133. The molecule has 0 radical (unpaired) electrons. The van der Waals surface area contributed by atoms with Gasteiger partial charge in [-0.25, -0.2) is 0 Å². The maximum absolute atomic E-state index is 12.2. The Labute approximate surface area is 110 Å². The zero-order chi connectivity index (χ0) is 13.4. The molecule has 18 heavy (non-hydrogen) atoms. The van der Waals surface area contributed by atoms with E-state index in [2.05, 4.69) is 13.8 Å². The minimum Gasteiger partial charge on any atom is -0.337 e. The Morgan fingerprint density at radius 2 is 1.89 bits per heavy atom. The first-order chi connectivity index (χ1) is 8.69. The first-order valence-electron chi connectivity index (χ1n) is 6.77. The molecule has 0 bridgehead atoms. The zero-order valence-corrected chi connectivity index (χ0v) is 11.4. The van der Waals surface area contributed by atoms with E-state index in [9.17, 15) is 4.79 Å². The Balaban J connectivity index is 2.67. The van der Waals surface area contributed by atoms with E-state index in [0.29, 0.717) is 6.54 Å². The smallest absolute Gasteiger partial charge is 0.239 e. The summed E-state index contributed by atoms with van der Waals surface area (Å²) in [5, 5.41) is 0. The topological polar surface area (TPSA) is 46.3 Å². The highest BCUT2D eigenvalue weighted by Gasteiger charge is 2.19. The molecule has 0 aliphatic rings. The molecule has 0 saturated heterocycles. The summed E-state index contributed by atoms with van der Waals surface area (Å²) in [5.74, 6) is 0.0718. The van der Waals surface area contributed by atoms with Crippen LogP contribution < -0.4 is 5.73 Å². The molecule has 100 valence electrons. The van der Waals surface area contributed by atoms with Gasteiger partial charge in [0, 0.05) is 13.1 Å². The van der Waals surface area contributed by atoms with Crippen molar-refractivity contribution in [1.82, 2.24) is 4.90 Å². The van der Waals surface area contributed by atoms with Gasteiger partial charge in [-0.3, -0.25) is 4.79 Å². The summed E-state index contributed by atoms with van der Waals surface area (Å²) in [7, 11) is 0. The second-order valence-electron chi connectivity index (χ2n) is 4.64. The molecule has 2 N–H and O–H groups in total. The Morgan fingerprint density at radius 1 is 1.22 bits per heavy atom. The first-order valence-corrected chi connectivity index (χ1v) is 6.77. The minimum absolute atomic E-state index is 0.0718. The van der Waals surface area contributed by atoms with Crippen LogP contribution in [0.25, 0.3) is 0 Å². The molecule has 1 amide bonds. The van der Waals surface area contributed by atoms with E-state index in [1.807, 2.05) is 35.2 Å². The molecule has 1 aromatic rings. The van der Waals surface area contributed by atoms with Gasteiger partial charge in [0.25, 0.3) is 0 Å². The van der Waals surface area contributed by atoms with E-state index in [1.54, 1.807) is 0 Å². The van der Waals surface area contributed by atoms with Crippen LogP contribution in [0, 0.1) is 0 Å². The van der Waals surface area contributed by atoms with Crippen molar-refractivity contribution in [3.63, 3.8) is 0 Å². The van der Waals surface area contributed by atoms with Crippen molar-refractivity contribution in [3.8, 4) is 0 Å². The number of amides is 1. The third-order valence-corrected chi connectivity index (χ3v) is 2.94. The molecule has 0 aliphatic heterocycles. The SMILES string of the molecule is CCCC(N)C(=O)N(CCC)Cc1ccccc1. The Morgan fingerprint density at radius 3 is 2.44 bits per heavy atom. The van der Waals surface area contributed by atoms with E-state index in [0.717, 1.165) is 31.4 Å². The molecule has 0 aromatic heterocycles. The van der Waals surface area contributed by atoms with Crippen molar-refractivity contribution in [3.05, 3.63) is 35.9 Å². The number of hydrogen-bond acceptors (Lipinski definition) is 2. The third kappa shape index (κ3) is 4.49. The number of carbonyl (C=O) groups is 1. The Hall–Kier alpha value is -1.35. The van der Waals surface area contributed by atoms with E-state index < -0.39 is 0 Å². The first kappa shape index (κ1) is 14.7. The highest BCUT2D eigenvalue weighted by atomic mass is 16.2. The van der Waals surface area contributed by atoms with Gasteiger partial charge in [-0.2, -0.15) is 0 Å². The number of carbonyl (C=O) groups excluding carboxylic acids is 1. The largest absolute Gasteiger partial charge is 0.337 e. The summed E-state index contributed by atoms with van der Waals surface area (Å²) in [4.78, 5) is 14.1. The highest BCUT2D eigenvalue weighted by molar-refractivity contribution is 5.81. The van der Waals surface area contributed by atoms with Gasteiger partial charge in [0.1, 0.15) is 0 Å². The molecule has 0 fully saturated rings. The zero-order valence-electron chi connectivity index (χ0n) is 11.4. The van der Waals surface area contributed by atoms with Gasteiger partial charge < -0.3 is 10.6 Å². The molecule has 1 rings (SSSR count). The van der Waals surface area contributed by atoms with Gasteiger partial charge >= 0.3 is 0 Å². The van der Waals surface area contributed by atoms with Crippen LogP contribution in [0.1, 0.15) is 38.7 Å². The van der Waals surface area contributed by atoms with Gasteiger partial charge in [-0.05, 0) is 18.4 Å². The summed E-state index contributed by atoms with van der Waals surface area (Å²) >= 11 is 0. The van der Waals surface area contributed by atoms with E-state index in [1.165, 1.54) is 0 Å². The monoisotopic (exact) mass is 248 g/mol. The fourth-order valence-electron chi connectivity index (χ4n) is 2.01. The Bertz CT molecular complexity index is 351. The van der Waals surface area contributed by atoms with Crippen LogP contribution in [0.5, 0.6) is 0 Å². The lowest BCUT2D eigenvalue weighted by Gasteiger charge is -2.25. The summed E-state index contributed by atoms with van der Waals surface area (Å²) < 4.78 is 0. The maximum atomic E-state index is 12.2. The second kappa shape index (κ2) is 7.88. The molecule has 0 heterocycles. The van der Waals surface area contributed by atoms with Crippen LogP contribution in [-0.4, -0.2) is 23.4 Å². The normalized spacial score (nSPS) is 12.2. The average molecular weight is 248 g/mol. The quantitative estimate of drug-likeness (QED) is 0.806. The van der Waals surface area contributed by atoms with Crippen LogP contribution in [0.15, 0.2) is 30.3 Å². The lowest BCUT2D eigenvalue weighted by Crippen LogP contribution is -2.43. The van der Waals surface area contributed by atoms with E-state index in [-0.39, 0.29) is 11.9 Å². The summed E-state index contributed by atoms with van der Waals surface area (Å²) in [6.45, 7) is 5.56. The summed E-state index contributed by atoms with van der Waals surface area (Å²) in [6.07, 6.45) is 2.66. The van der Waals surface area contributed by atoms with Crippen molar-refractivity contribution in [1.29, 1.82) is 0 Å². The van der Waals surface area contributed by atoms with Gasteiger partial charge in [0.2, 0.25) is 5.91 Å². The van der Waals surface area contributed by atoms with Gasteiger partial charge in [0.05, 0.1) is 6.04 Å². The van der Waals surface area contributed by atoms with Crippen molar-refractivity contribution in [2.24, 2.45) is 5.73 Å². The van der Waals surface area contributed by atoms with Crippen LogP contribution in [0.2, 0.25) is 0 Å². The molecule has 1 unspecified atom stereocenters. The summed E-state index contributed by atoms with van der Waals surface area (Å²) in [6, 6.07) is 9.71. The van der Waals surface area contributed by atoms with Crippen LogP contribution in [0.3, 0.4) is 0 Å². The predicted octanol–water partition coefficient (Wildman–Crippen LogP) is 2.55. The molecular weight excluding hydrogens is 224 g/mol. The molecule has 0 saturated carbocycles. The van der Waals surface area contributed by atoms with E-state index in [4.69, 9.17) is 5.73 Å². The number of nitrogens with two attached hydrogens (primary N) is 1. The molecule has 1 aromatic carbocycles. The summed E-state index contributed by atoms with van der Waals surface area (Å²) in [5.41, 5.74) is 7.08.